The van der Waals surface area contributed by atoms with Crippen molar-refractivity contribution in [1.82, 2.24) is 15.0 Å². The van der Waals surface area contributed by atoms with Crippen molar-refractivity contribution in [3.8, 4) is 0 Å². The molecule has 1 aliphatic rings. The van der Waals surface area contributed by atoms with Gasteiger partial charge in [-0.2, -0.15) is 0 Å². The van der Waals surface area contributed by atoms with Crippen LogP contribution in [0.2, 0.25) is 0 Å². The monoisotopic (exact) mass is 259 g/mol. The van der Waals surface area contributed by atoms with Gasteiger partial charge in [0.1, 0.15) is 11.7 Å². The van der Waals surface area contributed by atoms with Gasteiger partial charge in [0.15, 0.2) is 0 Å². The highest BCUT2D eigenvalue weighted by Gasteiger charge is 2.49. The number of aromatic nitrogens is 3. The third-order valence-corrected chi connectivity index (χ3v) is 3.99. The minimum Gasteiger partial charge on any atom is -0.386 e. The molecule has 0 spiro atoms. The van der Waals surface area contributed by atoms with Crippen LogP contribution in [0.25, 0.3) is 0 Å². The lowest BCUT2D eigenvalue weighted by atomic mass is 9.82. The van der Waals surface area contributed by atoms with Crippen molar-refractivity contribution in [3.05, 3.63) is 48.3 Å². The Morgan fingerprint density at radius 1 is 1.37 bits per heavy atom. The van der Waals surface area contributed by atoms with Crippen LogP contribution in [0.5, 0.6) is 0 Å². The second-order valence-corrected chi connectivity index (χ2v) is 5.09. The zero-order chi connectivity index (χ0) is 13.3. The Kier molecular flexibility index (Phi) is 3.08. The average molecular weight is 259 g/mol. The van der Waals surface area contributed by atoms with Crippen LogP contribution in [0.1, 0.15) is 42.7 Å². The van der Waals surface area contributed by atoms with E-state index in [9.17, 15) is 10.2 Å². The van der Waals surface area contributed by atoms with Gasteiger partial charge in [0.05, 0.1) is 17.7 Å². The lowest BCUT2D eigenvalue weighted by Gasteiger charge is -2.33. The van der Waals surface area contributed by atoms with Gasteiger partial charge in [0.25, 0.3) is 0 Å². The molecular weight excluding hydrogens is 242 g/mol. The molecule has 0 amide bonds. The second-order valence-electron chi connectivity index (χ2n) is 5.09. The molecule has 5 nitrogen and oxygen atoms in total. The summed E-state index contributed by atoms with van der Waals surface area (Å²) in [4.78, 5) is 11.3. The highest BCUT2D eigenvalue weighted by atomic mass is 16.3. The summed E-state index contributed by atoms with van der Waals surface area (Å²) < 4.78 is 0. The van der Waals surface area contributed by atoms with E-state index in [4.69, 9.17) is 0 Å². The number of hydrogen-bond acceptors (Lipinski definition) is 4. The van der Waals surface area contributed by atoms with Gasteiger partial charge < -0.3 is 15.2 Å². The topological polar surface area (TPSA) is 82.0 Å². The Morgan fingerprint density at radius 2 is 2.26 bits per heavy atom. The van der Waals surface area contributed by atoms with Gasteiger partial charge in [-0.3, -0.25) is 4.98 Å². The molecule has 2 aromatic heterocycles. The normalized spacial score (nSPS) is 28.4. The second kappa shape index (κ2) is 4.75. The Bertz CT molecular complexity index is 529. The zero-order valence-corrected chi connectivity index (χ0v) is 10.5. The van der Waals surface area contributed by atoms with Crippen molar-refractivity contribution in [2.45, 2.75) is 36.9 Å². The number of rotatable bonds is 3. The Hall–Kier alpha value is -1.72. The quantitative estimate of drug-likeness (QED) is 0.781. The summed E-state index contributed by atoms with van der Waals surface area (Å²) in [6.07, 6.45) is 6.28. The van der Waals surface area contributed by atoms with Gasteiger partial charge in [-0.25, -0.2) is 4.98 Å². The van der Waals surface area contributed by atoms with Gasteiger partial charge in [0, 0.05) is 18.3 Å². The van der Waals surface area contributed by atoms with Crippen molar-refractivity contribution in [1.29, 1.82) is 0 Å². The predicted octanol–water partition coefficient (Wildman–Crippen LogP) is 1.54. The van der Waals surface area contributed by atoms with Gasteiger partial charge in [-0.1, -0.05) is 6.07 Å². The maximum atomic E-state index is 10.9. The van der Waals surface area contributed by atoms with Crippen LogP contribution in [-0.2, 0) is 0 Å². The third-order valence-electron chi connectivity index (χ3n) is 3.99. The fraction of sp³-hybridized carbons (Fsp3) is 0.429. The number of aliphatic hydroxyl groups excluding tert-OH is 1. The molecule has 0 aromatic carbocycles. The van der Waals surface area contributed by atoms with Crippen LogP contribution < -0.4 is 0 Å². The van der Waals surface area contributed by atoms with E-state index in [0.29, 0.717) is 12.1 Å². The fourth-order valence-corrected chi connectivity index (χ4v) is 3.00. The molecule has 3 rings (SSSR count). The molecule has 0 bridgehead atoms. The molecule has 0 saturated heterocycles. The first-order chi connectivity index (χ1) is 9.22. The molecule has 19 heavy (non-hydrogen) atoms. The predicted molar refractivity (Wildman–Crippen MR) is 69.3 cm³/mol. The Labute approximate surface area is 111 Å². The lowest BCUT2D eigenvalue weighted by Crippen LogP contribution is -2.39. The van der Waals surface area contributed by atoms with E-state index in [0.717, 1.165) is 18.5 Å². The minimum atomic E-state index is -1.19. The summed E-state index contributed by atoms with van der Waals surface area (Å²) in [6.45, 7) is 0. The van der Waals surface area contributed by atoms with Crippen LogP contribution in [-0.4, -0.2) is 30.8 Å². The van der Waals surface area contributed by atoms with E-state index in [2.05, 4.69) is 15.0 Å². The average Bonchev–Trinajstić information content (AvgIpc) is 3.08. The molecular formula is C14H17N3O2. The van der Waals surface area contributed by atoms with Crippen molar-refractivity contribution >= 4 is 0 Å². The lowest BCUT2D eigenvalue weighted by molar-refractivity contribution is -0.0862. The molecule has 0 aliphatic heterocycles. The van der Waals surface area contributed by atoms with Crippen LogP contribution in [0, 0.1) is 0 Å². The number of aromatic amines is 1. The summed E-state index contributed by atoms with van der Waals surface area (Å²) in [5.41, 5.74) is 0.117. The first-order valence-electron chi connectivity index (χ1n) is 6.52. The van der Waals surface area contributed by atoms with Gasteiger partial charge >= 0.3 is 0 Å². The van der Waals surface area contributed by atoms with Crippen molar-refractivity contribution in [3.63, 3.8) is 0 Å². The molecule has 1 saturated carbocycles. The summed E-state index contributed by atoms with van der Waals surface area (Å²) >= 11 is 0. The summed E-state index contributed by atoms with van der Waals surface area (Å²) in [7, 11) is 0. The van der Waals surface area contributed by atoms with Gasteiger partial charge in [-0.05, 0) is 31.4 Å². The molecule has 100 valence electrons. The maximum absolute atomic E-state index is 10.9. The number of H-pyrrole nitrogens is 1. The van der Waals surface area contributed by atoms with E-state index in [1.165, 1.54) is 0 Å². The van der Waals surface area contributed by atoms with Crippen LogP contribution >= 0.6 is 0 Å². The molecule has 3 atom stereocenters. The Balaban J connectivity index is 1.93. The molecule has 3 unspecified atom stereocenters. The summed E-state index contributed by atoms with van der Waals surface area (Å²) in [5, 5.41) is 21.4. The molecule has 5 heteroatoms. The third kappa shape index (κ3) is 2.05. The number of nitrogens with one attached hydrogen (secondary N) is 1. The Morgan fingerprint density at radius 3 is 2.95 bits per heavy atom. The van der Waals surface area contributed by atoms with Crippen LogP contribution in [0.4, 0.5) is 0 Å². The number of hydrogen-bond donors (Lipinski definition) is 3. The van der Waals surface area contributed by atoms with Gasteiger partial charge in [0.2, 0.25) is 0 Å². The summed E-state index contributed by atoms with van der Waals surface area (Å²) in [6, 6.07) is 5.34. The number of aliphatic hydroxyl groups is 2. The molecule has 2 heterocycles. The highest BCUT2D eigenvalue weighted by Crippen LogP contribution is 2.48. The SMILES string of the molecule is OC(c1ccccn1)C1(O)CCCC1c1c[nH]cn1. The molecule has 0 radical (unpaired) electrons. The number of pyridine rings is 1. The van der Waals surface area contributed by atoms with Crippen LogP contribution in [0.15, 0.2) is 36.9 Å². The van der Waals surface area contributed by atoms with Crippen molar-refractivity contribution < 1.29 is 10.2 Å². The highest BCUT2D eigenvalue weighted by molar-refractivity contribution is 5.21. The van der Waals surface area contributed by atoms with Crippen molar-refractivity contribution in [2.24, 2.45) is 0 Å². The molecule has 1 fully saturated rings. The molecule has 1 aliphatic carbocycles. The van der Waals surface area contributed by atoms with E-state index in [1.54, 1.807) is 30.9 Å². The van der Waals surface area contributed by atoms with E-state index in [-0.39, 0.29) is 5.92 Å². The summed E-state index contributed by atoms with van der Waals surface area (Å²) in [5.74, 6) is -0.157. The first kappa shape index (κ1) is 12.3. The first-order valence-corrected chi connectivity index (χ1v) is 6.52. The van der Waals surface area contributed by atoms with E-state index < -0.39 is 11.7 Å². The van der Waals surface area contributed by atoms with Gasteiger partial charge in [-0.15, -0.1) is 0 Å². The maximum Gasteiger partial charge on any atom is 0.125 e. The van der Waals surface area contributed by atoms with Crippen LogP contribution in [0.3, 0.4) is 0 Å². The van der Waals surface area contributed by atoms with E-state index in [1.807, 2.05) is 6.07 Å². The largest absolute Gasteiger partial charge is 0.386 e. The van der Waals surface area contributed by atoms with E-state index >= 15 is 0 Å². The number of imidazole rings is 1. The minimum absolute atomic E-state index is 0.157. The fourth-order valence-electron chi connectivity index (χ4n) is 3.00. The zero-order valence-electron chi connectivity index (χ0n) is 10.5. The number of nitrogens with zero attached hydrogens (tertiary/aromatic N) is 2. The molecule has 2 aromatic rings. The molecule has 3 N–H and O–H groups in total. The standard InChI is InChI=1S/C14H17N3O2/c18-13(11-5-1-2-7-16-11)14(19)6-3-4-10(14)12-8-15-9-17-12/h1-2,5,7-10,13,18-19H,3-4,6H2,(H,15,17). The smallest absolute Gasteiger partial charge is 0.125 e. The van der Waals surface area contributed by atoms with Crippen molar-refractivity contribution in [2.75, 3.05) is 0 Å².